The van der Waals surface area contributed by atoms with Gasteiger partial charge in [-0.2, -0.15) is 0 Å². The highest BCUT2D eigenvalue weighted by Gasteiger charge is 2.09. The first-order chi connectivity index (χ1) is 10.6. The van der Waals surface area contributed by atoms with Crippen LogP contribution in [0.4, 0.5) is 10.1 Å². The smallest absolute Gasteiger partial charge is 0.224 e. The minimum Gasteiger partial charge on any atom is -0.492 e. The summed E-state index contributed by atoms with van der Waals surface area (Å²) >= 11 is 3.40. The van der Waals surface area contributed by atoms with Gasteiger partial charge in [-0.1, -0.05) is 28.1 Å². The molecule has 0 heterocycles. The molecule has 1 N–H and O–H groups in total. The summed E-state index contributed by atoms with van der Waals surface area (Å²) in [4.78, 5) is 12.0. The monoisotopic (exact) mass is 365 g/mol. The molecule has 0 atom stereocenters. The van der Waals surface area contributed by atoms with Crippen LogP contribution in [0.2, 0.25) is 0 Å². The summed E-state index contributed by atoms with van der Waals surface area (Å²) in [6, 6.07) is 11.9. The number of amides is 1. The van der Waals surface area contributed by atoms with E-state index < -0.39 is 5.82 Å². The van der Waals surface area contributed by atoms with Gasteiger partial charge >= 0.3 is 0 Å². The average Bonchev–Trinajstić information content (AvgIpc) is 2.48. The molecule has 2 aromatic carbocycles. The maximum atomic E-state index is 13.2. The Morgan fingerprint density at radius 3 is 2.82 bits per heavy atom. The summed E-state index contributed by atoms with van der Waals surface area (Å²) in [7, 11) is 0. The number of aryl methyl sites for hydroxylation is 1. The summed E-state index contributed by atoms with van der Waals surface area (Å²) in [6.07, 6.45) is 0.982. The molecule has 5 heteroatoms. The van der Waals surface area contributed by atoms with Gasteiger partial charge in [-0.3, -0.25) is 4.79 Å². The summed E-state index contributed by atoms with van der Waals surface area (Å²) in [5.41, 5.74) is 1.57. The van der Waals surface area contributed by atoms with Crippen molar-refractivity contribution in [2.45, 2.75) is 19.8 Å². The molecule has 0 saturated heterocycles. The second-order valence-corrected chi connectivity index (χ2v) is 5.67. The zero-order valence-electron chi connectivity index (χ0n) is 12.2. The van der Waals surface area contributed by atoms with E-state index in [0.717, 1.165) is 10.0 Å². The van der Waals surface area contributed by atoms with E-state index in [0.29, 0.717) is 30.9 Å². The van der Waals surface area contributed by atoms with Crippen LogP contribution >= 0.6 is 15.9 Å². The van der Waals surface area contributed by atoms with Crippen molar-refractivity contribution in [3.63, 3.8) is 0 Å². The predicted octanol–water partition coefficient (Wildman–Crippen LogP) is 4.56. The van der Waals surface area contributed by atoms with E-state index in [1.165, 1.54) is 18.2 Å². The topological polar surface area (TPSA) is 38.3 Å². The molecule has 116 valence electrons. The Morgan fingerprint density at radius 2 is 2.09 bits per heavy atom. The fraction of sp³-hybridized carbons (Fsp3) is 0.235. The molecule has 0 aliphatic rings. The molecule has 1 amide bonds. The zero-order valence-corrected chi connectivity index (χ0v) is 13.8. The summed E-state index contributed by atoms with van der Waals surface area (Å²) in [5, 5.41) is 2.77. The first-order valence-corrected chi connectivity index (χ1v) is 7.84. The summed E-state index contributed by atoms with van der Waals surface area (Å²) < 4.78 is 19.5. The molecule has 0 aromatic heterocycles. The first kappa shape index (κ1) is 16.5. The van der Waals surface area contributed by atoms with Crippen LogP contribution in [0.1, 0.15) is 18.9 Å². The van der Waals surface area contributed by atoms with Gasteiger partial charge in [0.05, 0.1) is 12.3 Å². The van der Waals surface area contributed by atoms with Gasteiger partial charge in [0.1, 0.15) is 11.6 Å². The molecule has 3 nitrogen and oxygen atoms in total. The predicted molar refractivity (Wildman–Crippen MR) is 88.7 cm³/mol. The van der Waals surface area contributed by atoms with E-state index in [2.05, 4.69) is 21.2 Å². The van der Waals surface area contributed by atoms with Gasteiger partial charge in [0.2, 0.25) is 5.91 Å². The fourth-order valence-corrected chi connectivity index (χ4v) is 2.48. The van der Waals surface area contributed by atoms with Crippen LogP contribution in [0.15, 0.2) is 46.9 Å². The van der Waals surface area contributed by atoms with E-state index in [-0.39, 0.29) is 5.91 Å². The van der Waals surface area contributed by atoms with Gasteiger partial charge in [-0.25, -0.2) is 4.39 Å². The van der Waals surface area contributed by atoms with E-state index in [4.69, 9.17) is 4.74 Å². The number of rotatable bonds is 6. The van der Waals surface area contributed by atoms with Gasteiger partial charge < -0.3 is 10.1 Å². The lowest BCUT2D eigenvalue weighted by molar-refractivity contribution is -0.116. The highest BCUT2D eigenvalue weighted by molar-refractivity contribution is 9.10. The number of benzene rings is 2. The minimum atomic E-state index is -0.393. The number of hydrogen-bond donors (Lipinski definition) is 1. The second-order valence-electron chi connectivity index (χ2n) is 4.75. The van der Waals surface area contributed by atoms with Crippen LogP contribution in [0.5, 0.6) is 5.75 Å². The molecule has 0 aliphatic heterocycles. The number of halogens is 2. The summed E-state index contributed by atoms with van der Waals surface area (Å²) in [5.74, 6) is -0.179. The molecule has 0 bridgehead atoms. The van der Waals surface area contributed by atoms with Crippen LogP contribution in [-0.2, 0) is 11.2 Å². The normalized spacial score (nSPS) is 10.3. The van der Waals surface area contributed by atoms with Crippen molar-refractivity contribution in [3.05, 3.63) is 58.3 Å². The fourth-order valence-electron chi connectivity index (χ4n) is 2.04. The zero-order chi connectivity index (χ0) is 15.9. The highest BCUT2D eigenvalue weighted by atomic mass is 79.9. The van der Waals surface area contributed by atoms with E-state index in [1.54, 1.807) is 0 Å². The van der Waals surface area contributed by atoms with Crippen LogP contribution in [0, 0.1) is 5.82 Å². The lowest BCUT2D eigenvalue weighted by Gasteiger charge is -2.11. The van der Waals surface area contributed by atoms with Crippen LogP contribution < -0.4 is 10.1 Å². The molecule has 0 radical (unpaired) electrons. The third-order valence-corrected chi connectivity index (χ3v) is 3.54. The number of anilines is 1. The molecule has 0 unspecified atom stereocenters. The molecule has 0 saturated carbocycles. The van der Waals surface area contributed by atoms with E-state index in [1.807, 2.05) is 31.2 Å². The Kier molecular flexibility index (Phi) is 5.95. The third kappa shape index (κ3) is 4.84. The van der Waals surface area contributed by atoms with Gasteiger partial charge in [0.15, 0.2) is 0 Å². The van der Waals surface area contributed by atoms with Gasteiger partial charge in [-0.05, 0) is 43.2 Å². The van der Waals surface area contributed by atoms with Crippen molar-refractivity contribution in [1.82, 2.24) is 0 Å². The van der Waals surface area contributed by atoms with Crippen molar-refractivity contribution in [2.75, 3.05) is 11.9 Å². The molecule has 0 spiro atoms. The van der Waals surface area contributed by atoms with Crippen molar-refractivity contribution >= 4 is 27.5 Å². The number of ether oxygens (including phenoxy) is 1. The second kappa shape index (κ2) is 7.94. The SMILES string of the molecule is CCOc1cc(F)ccc1NC(=O)CCc1cccc(Br)c1. The lowest BCUT2D eigenvalue weighted by atomic mass is 10.1. The van der Waals surface area contributed by atoms with Gasteiger partial charge in [0.25, 0.3) is 0 Å². The average molecular weight is 366 g/mol. The number of carbonyl (C=O) groups is 1. The van der Waals surface area contributed by atoms with Crippen LogP contribution in [0.25, 0.3) is 0 Å². The van der Waals surface area contributed by atoms with Crippen molar-refractivity contribution < 1.29 is 13.9 Å². The number of hydrogen-bond acceptors (Lipinski definition) is 2. The Labute approximate surface area is 137 Å². The summed E-state index contributed by atoms with van der Waals surface area (Å²) in [6.45, 7) is 2.22. The van der Waals surface area contributed by atoms with Gasteiger partial charge in [0, 0.05) is 17.0 Å². The number of carbonyl (C=O) groups excluding carboxylic acids is 1. The molecule has 0 fully saturated rings. The van der Waals surface area contributed by atoms with Crippen molar-refractivity contribution in [3.8, 4) is 5.75 Å². The quantitative estimate of drug-likeness (QED) is 0.814. The molecular formula is C17H17BrFNO2. The lowest BCUT2D eigenvalue weighted by Crippen LogP contribution is -2.13. The molecule has 22 heavy (non-hydrogen) atoms. The highest BCUT2D eigenvalue weighted by Crippen LogP contribution is 2.25. The Bertz CT molecular complexity index is 661. The van der Waals surface area contributed by atoms with E-state index in [9.17, 15) is 9.18 Å². The molecule has 2 rings (SSSR count). The number of nitrogens with one attached hydrogen (secondary N) is 1. The van der Waals surface area contributed by atoms with Crippen molar-refractivity contribution in [2.24, 2.45) is 0 Å². The maximum Gasteiger partial charge on any atom is 0.224 e. The van der Waals surface area contributed by atoms with E-state index >= 15 is 0 Å². The molecule has 0 aliphatic carbocycles. The largest absolute Gasteiger partial charge is 0.492 e. The third-order valence-electron chi connectivity index (χ3n) is 3.05. The first-order valence-electron chi connectivity index (χ1n) is 7.05. The maximum absolute atomic E-state index is 13.2. The molecular weight excluding hydrogens is 349 g/mol. The Balaban J connectivity index is 1.97. The van der Waals surface area contributed by atoms with Gasteiger partial charge in [-0.15, -0.1) is 0 Å². The van der Waals surface area contributed by atoms with Crippen LogP contribution in [0.3, 0.4) is 0 Å². The van der Waals surface area contributed by atoms with Crippen LogP contribution in [-0.4, -0.2) is 12.5 Å². The minimum absolute atomic E-state index is 0.132. The Hall–Kier alpha value is -1.88. The molecule has 2 aromatic rings. The van der Waals surface area contributed by atoms with Crippen molar-refractivity contribution in [1.29, 1.82) is 0 Å². The standard InChI is InChI=1S/C17H17BrFNO2/c1-2-22-16-11-14(19)7-8-15(16)20-17(21)9-6-12-4-3-5-13(18)10-12/h3-5,7-8,10-11H,2,6,9H2,1H3,(H,20,21). The Morgan fingerprint density at radius 1 is 1.27 bits per heavy atom.